The summed E-state index contributed by atoms with van der Waals surface area (Å²) in [5, 5.41) is 14.4. The lowest BCUT2D eigenvalue weighted by Gasteiger charge is -2.28. The number of nitro groups is 1. The molecule has 194 valence electrons. The Bertz CT molecular complexity index is 1500. The first-order valence-electron chi connectivity index (χ1n) is 11.7. The number of rotatable bonds is 8. The van der Waals surface area contributed by atoms with E-state index in [9.17, 15) is 19.3 Å². The molecule has 0 radical (unpaired) electrons. The molecule has 0 saturated carbocycles. The minimum atomic E-state index is -0.370. The third kappa shape index (κ3) is 6.33. The van der Waals surface area contributed by atoms with Crippen LogP contribution in [-0.4, -0.2) is 54.1 Å². The number of nitro benzene ring substituents is 1. The van der Waals surface area contributed by atoms with Crippen molar-refractivity contribution in [2.24, 2.45) is 4.99 Å². The number of aromatic nitrogens is 1. The minimum absolute atomic E-state index is 0.0406. The van der Waals surface area contributed by atoms with Crippen LogP contribution in [0.25, 0.3) is 10.2 Å². The molecule has 0 aliphatic carbocycles. The minimum Gasteiger partial charge on any atom is -0.378 e. The van der Waals surface area contributed by atoms with E-state index in [0.717, 1.165) is 14.6 Å². The summed E-state index contributed by atoms with van der Waals surface area (Å²) in [5.74, 6) is -0.403. The van der Waals surface area contributed by atoms with Crippen molar-refractivity contribution >= 4 is 68.2 Å². The molecule has 0 spiro atoms. The van der Waals surface area contributed by atoms with Crippen molar-refractivity contribution in [1.82, 2.24) is 4.98 Å². The average Bonchev–Trinajstić information content (AvgIpc) is 3.35. The van der Waals surface area contributed by atoms with E-state index in [2.05, 4.69) is 15.3 Å². The summed E-state index contributed by atoms with van der Waals surface area (Å²) in [4.78, 5) is 34.6. The fourth-order valence-electron chi connectivity index (χ4n) is 3.88. The summed E-state index contributed by atoms with van der Waals surface area (Å²) in [6.45, 7) is 2.32. The van der Waals surface area contributed by atoms with Crippen molar-refractivity contribution in [2.45, 2.75) is 4.34 Å². The largest absolute Gasteiger partial charge is 0.378 e. The van der Waals surface area contributed by atoms with E-state index in [-0.39, 0.29) is 28.1 Å². The first-order chi connectivity index (χ1) is 18.4. The van der Waals surface area contributed by atoms with Gasteiger partial charge in [0.2, 0.25) is 5.91 Å². The number of amides is 1. The summed E-state index contributed by atoms with van der Waals surface area (Å²) in [5.41, 5.74) is 3.26. The van der Waals surface area contributed by atoms with Crippen LogP contribution in [0.15, 0.2) is 70.0 Å². The molecule has 12 heteroatoms. The highest BCUT2D eigenvalue weighted by atomic mass is 32.2. The Hall–Kier alpha value is -3.87. The molecule has 0 bridgehead atoms. The van der Waals surface area contributed by atoms with Gasteiger partial charge in [0, 0.05) is 31.1 Å². The highest BCUT2D eigenvalue weighted by molar-refractivity contribution is 8.01. The molecule has 2 heterocycles. The summed E-state index contributed by atoms with van der Waals surface area (Å²) in [6.07, 6.45) is 1.60. The van der Waals surface area contributed by atoms with Crippen LogP contribution in [0.1, 0.15) is 5.56 Å². The molecule has 1 amide bonds. The zero-order chi connectivity index (χ0) is 26.5. The van der Waals surface area contributed by atoms with Crippen molar-refractivity contribution < 1.29 is 18.8 Å². The van der Waals surface area contributed by atoms with Crippen LogP contribution in [0.3, 0.4) is 0 Å². The topological polar surface area (TPSA) is 110 Å². The monoisotopic (exact) mass is 551 g/mol. The lowest BCUT2D eigenvalue weighted by atomic mass is 10.1. The van der Waals surface area contributed by atoms with Crippen LogP contribution in [0.5, 0.6) is 0 Å². The number of nitrogens with one attached hydrogen (secondary N) is 1. The number of carbonyl (C=O) groups excluding carboxylic acids is 1. The van der Waals surface area contributed by atoms with E-state index < -0.39 is 0 Å². The van der Waals surface area contributed by atoms with E-state index in [4.69, 9.17) is 4.74 Å². The van der Waals surface area contributed by atoms with E-state index in [1.54, 1.807) is 12.3 Å². The maximum Gasteiger partial charge on any atom is 0.293 e. The zero-order valence-corrected chi connectivity index (χ0v) is 21.6. The number of thioether (sulfide) groups is 1. The molecule has 4 aromatic rings. The molecule has 0 atom stereocenters. The maximum atomic E-state index is 13.0. The average molecular weight is 552 g/mol. The van der Waals surface area contributed by atoms with Gasteiger partial charge in [0.25, 0.3) is 5.69 Å². The van der Waals surface area contributed by atoms with Gasteiger partial charge < -0.3 is 15.0 Å². The summed E-state index contributed by atoms with van der Waals surface area (Å²) in [6, 6.07) is 16.3. The van der Waals surface area contributed by atoms with Gasteiger partial charge in [-0.1, -0.05) is 17.8 Å². The normalized spacial score (nSPS) is 13.8. The zero-order valence-electron chi connectivity index (χ0n) is 20.0. The van der Waals surface area contributed by atoms with Gasteiger partial charge in [-0.2, -0.15) is 0 Å². The van der Waals surface area contributed by atoms with Gasteiger partial charge in [0.15, 0.2) is 4.34 Å². The SMILES string of the molecule is O=C(CSc1nc2ccc(N=Cc3ccc(N4CCOCC4)c([N+](=O)[O-])c3)cc2s1)Nc1ccc(F)cc1. The van der Waals surface area contributed by atoms with Crippen molar-refractivity contribution in [3.05, 3.63) is 82.2 Å². The molecule has 1 saturated heterocycles. The van der Waals surface area contributed by atoms with Crippen LogP contribution in [0, 0.1) is 15.9 Å². The number of aliphatic imine (C=N–C) groups is 1. The number of carbonyl (C=O) groups is 1. The summed E-state index contributed by atoms with van der Waals surface area (Å²) in [7, 11) is 0. The molecule has 1 N–H and O–H groups in total. The van der Waals surface area contributed by atoms with Gasteiger partial charge in [0.05, 0.1) is 39.8 Å². The third-order valence-corrected chi connectivity index (χ3v) is 7.88. The second kappa shape index (κ2) is 11.7. The molecule has 1 aromatic heterocycles. The van der Waals surface area contributed by atoms with Crippen LogP contribution in [-0.2, 0) is 9.53 Å². The fourth-order valence-corrected chi connectivity index (χ4v) is 5.78. The van der Waals surface area contributed by atoms with Crippen LogP contribution in [0.2, 0.25) is 0 Å². The first kappa shape index (κ1) is 25.8. The number of benzene rings is 3. The number of ether oxygens (including phenoxy) is 1. The Kier molecular flexibility index (Phi) is 7.91. The van der Waals surface area contributed by atoms with Gasteiger partial charge in [-0.3, -0.25) is 19.9 Å². The van der Waals surface area contributed by atoms with Crippen LogP contribution >= 0.6 is 23.1 Å². The smallest absolute Gasteiger partial charge is 0.293 e. The predicted molar refractivity (Wildman–Crippen MR) is 149 cm³/mol. The van der Waals surface area contributed by atoms with Crippen molar-refractivity contribution in [2.75, 3.05) is 42.3 Å². The maximum absolute atomic E-state index is 13.0. The molecule has 1 aliphatic rings. The third-order valence-electron chi connectivity index (χ3n) is 5.72. The van der Waals surface area contributed by atoms with Crippen LogP contribution in [0.4, 0.5) is 27.1 Å². The number of fused-ring (bicyclic) bond motifs is 1. The second-order valence-electron chi connectivity index (χ2n) is 8.34. The number of nitrogens with zero attached hydrogens (tertiary/aromatic N) is 4. The Balaban J connectivity index is 1.24. The highest BCUT2D eigenvalue weighted by Gasteiger charge is 2.21. The molecular formula is C26H22FN5O4S2. The van der Waals surface area contributed by atoms with E-state index in [1.165, 1.54) is 53.4 Å². The molecule has 1 fully saturated rings. The molecule has 1 aliphatic heterocycles. The molecule has 0 unspecified atom stereocenters. The Morgan fingerprint density at radius 1 is 1.18 bits per heavy atom. The number of morpholine rings is 1. The van der Waals surface area contributed by atoms with Crippen molar-refractivity contribution in [1.29, 1.82) is 0 Å². The van der Waals surface area contributed by atoms with Crippen molar-refractivity contribution in [3.63, 3.8) is 0 Å². The number of halogens is 1. The molecular weight excluding hydrogens is 529 g/mol. The number of anilines is 2. The second-order valence-corrected chi connectivity index (χ2v) is 10.6. The molecule has 3 aromatic carbocycles. The van der Waals surface area contributed by atoms with Gasteiger partial charge in [-0.05, 0) is 54.1 Å². The molecule has 9 nitrogen and oxygen atoms in total. The molecule has 5 rings (SSSR count). The first-order valence-corrected chi connectivity index (χ1v) is 13.5. The quantitative estimate of drug-likeness (QED) is 0.130. The van der Waals surface area contributed by atoms with E-state index >= 15 is 0 Å². The van der Waals surface area contributed by atoms with Gasteiger partial charge in [0.1, 0.15) is 11.5 Å². The number of hydrogen-bond donors (Lipinski definition) is 1. The standard InChI is InChI=1S/C26H22FN5O4S2/c27-18-2-4-19(5-3-18)29-25(33)16-37-26-30-21-7-6-20(14-24(21)38-26)28-15-17-1-8-22(23(13-17)32(34)35)31-9-11-36-12-10-31/h1-8,13-15H,9-12,16H2,(H,29,33). The lowest BCUT2D eigenvalue weighted by molar-refractivity contribution is -0.384. The Morgan fingerprint density at radius 3 is 2.74 bits per heavy atom. The predicted octanol–water partition coefficient (Wildman–Crippen LogP) is 5.66. The van der Waals surface area contributed by atoms with Crippen LogP contribution < -0.4 is 10.2 Å². The van der Waals surface area contributed by atoms with Gasteiger partial charge in [-0.15, -0.1) is 11.3 Å². The van der Waals surface area contributed by atoms with Gasteiger partial charge >= 0.3 is 0 Å². The highest BCUT2D eigenvalue weighted by Crippen LogP contribution is 2.33. The molecule has 38 heavy (non-hydrogen) atoms. The van der Waals surface area contributed by atoms with E-state index in [0.29, 0.717) is 48.9 Å². The fraction of sp³-hybridized carbons (Fsp3) is 0.192. The van der Waals surface area contributed by atoms with Gasteiger partial charge in [-0.25, -0.2) is 9.37 Å². The summed E-state index contributed by atoms with van der Waals surface area (Å²) >= 11 is 2.77. The summed E-state index contributed by atoms with van der Waals surface area (Å²) < 4.78 is 20.0. The lowest BCUT2D eigenvalue weighted by Crippen LogP contribution is -2.36. The van der Waals surface area contributed by atoms with Crippen molar-refractivity contribution in [3.8, 4) is 0 Å². The Morgan fingerprint density at radius 2 is 1.97 bits per heavy atom. The number of thiazole rings is 1. The Labute approximate surface area is 225 Å². The number of hydrogen-bond acceptors (Lipinski definition) is 9. The van der Waals surface area contributed by atoms with E-state index in [1.807, 2.05) is 29.2 Å².